The minimum atomic E-state index is -2.87. The molecule has 1 aromatic heterocycles. The Hall–Kier alpha value is -2.89. The van der Waals surface area contributed by atoms with E-state index in [4.69, 9.17) is 4.42 Å². The first kappa shape index (κ1) is 17.0. The fraction of sp³-hybridized carbons (Fsp3) is 0.211. The fourth-order valence-electron chi connectivity index (χ4n) is 2.58. The highest BCUT2D eigenvalue weighted by atomic mass is 19.3. The highest BCUT2D eigenvalue weighted by Gasteiger charge is 2.11. The monoisotopic (exact) mass is 345 g/mol. The van der Waals surface area contributed by atoms with E-state index >= 15 is 0 Å². The zero-order chi connectivity index (χ0) is 17.8. The number of benzene rings is 2. The van der Waals surface area contributed by atoms with Crippen molar-refractivity contribution in [1.29, 1.82) is 0 Å². The number of carbonyl (C=O) groups is 1. The van der Waals surface area contributed by atoms with Crippen molar-refractivity contribution in [3.05, 3.63) is 59.9 Å². The highest BCUT2D eigenvalue weighted by Crippen LogP contribution is 2.24. The molecule has 25 heavy (non-hydrogen) atoms. The van der Waals surface area contributed by atoms with E-state index in [0.29, 0.717) is 5.69 Å². The molecule has 0 aliphatic heterocycles. The predicted octanol–water partition coefficient (Wildman–Crippen LogP) is 4.78. The zero-order valence-corrected chi connectivity index (χ0v) is 13.6. The number of halogens is 2. The van der Waals surface area contributed by atoms with Crippen LogP contribution in [0.4, 0.5) is 14.5 Å². The van der Waals surface area contributed by atoms with Crippen molar-refractivity contribution in [2.75, 3.05) is 5.32 Å². The van der Waals surface area contributed by atoms with Crippen LogP contribution < -0.4 is 10.1 Å². The molecule has 0 unspecified atom stereocenters. The third kappa shape index (κ3) is 4.15. The first-order valence-corrected chi connectivity index (χ1v) is 7.89. The summed E-state index contributed by atoms with van der Waals surface area (Å²) < 4.78 is 34.0. The second-order valence-electron chi connectivity index (χ2n) is 5.57. The number of aryl methyl sites for hydroxylation is 1. The molecule has 4 nitrogen and oxygen atoms in total. The Morgan fingerprint density at radius 2 is 1.96 bits per heavy atom. The second-order valence-corrected chi connectivity index (χ2v) is 5.57. The van der Waals surface area contributed by atoms with E-state index in [9.17, 15) is 13.6 Å². The lowest BCUT2D eigenvalue weighted by Crippen LogP contribution is -2.14. The van der Waals surface area contributed by atoms with E-state index < -0.39 is 6.61 Å². The lowest BCUT2D eigenvalue weighted by Gasteiger charge is -2.07. The largest absolute Gasteiger partial charge is 0.464 e. The van der Waals surface area contributed by atoms with Crippen LogP contribution in [0.3, 0.4) is 0 Å². The summed E-state index contributed by atoms with van der Waals surface area (Å²) in [6.07, 6.45) is 2.66. The summed E-state index contributed by atoms with van der Waals surface area (Å²) in [5, 5.41) is 3.63. The van der Waals surface area contributed by atoms with Gasteiger partial charge in [0.05, 0.1) is 12.7 Å². The van der Waals surface area contributed by atoms with Crippen LogP contribution in [0.5, 0.6) is 5.75 Å². The first-order valence-electron chi connectivity index (χ1n) is 7.89. The van der Waals surface area contributed by atoms with Gasteiger partial charge in [-0.3, -0.25) is 4.79 Å². The van der Waals surface area contributed by atoms with Crippen LogP contribution in [-0.2, 0) is 17.6 Å². The van der Waals surface area contributed by atoms with Crippen molar-refractivity contribution in [3.8, 4) is 5.75 Å². The average molecular weight is 345 g/mol. The normalized spacial score (nSPS) is 11.0. The Bertz CT molecular complexity index is 872. The summed E-state index contributed by atoms with van der Waals surface area (Å²) in [7, 11) is 0. The summed E-state index contributed by atoms with van der Waals surface area (Å²) in [5.41, 5.74) is 3.24. The molecule has 0 saturated carbocycles. The first-order chi connectivity index (χ1) is 12.0. The minimum absolute atomic E-state index is 0.0422. The molecule has 6 heteroatoms. The topological polar surface area (TPSA) is 51.5 Å². The molecule has 0 aliphatic rings. The van der Waals surface area contributed by atoms with Gasteiger partial charge in [-0.15, -0.1) is 0 Å². The summed E-state index contributed by atoms with van der Waals surface area (Å²) in [4.78, 5) is 12.2. The molecule has 0 bridgehead atoms. The van der Waals surface area contributed by atoms with Gasteiger partial charge >= 0.3 is 6.61 Å². The maximum atomic E-state index is 12.2. The molecule has 0 saturated heterocycles. The molecule has 1 heterocycles. The zero-order valence-electron chi connectivity index (χ0n) is 13.6. The van der Waals surface area contributed by atoms with Gasteiger partial charge in [0.1, 0.15) is 11.3 Å². The maximum absolute atomic E-state index is 12.2. The van der Waals surface area contributed by atoms with Crippen LogP contribution in [0.1, 0.15) is 18.1 Å². The van der Waals surface area contributed by atoms with Gasteiger partial charge < -0.3 is 14.5 Å². The molecule has 0 aliphatic carbocycles. The lowest BCUT2D eigenvalue weighted by atomic mass is 10.1. The van der Waals surface area contributed by atoms with Gasteiger partial charge in [0.15, 0.2) is 0 Å². The Kier molecular flexibility index (Phi) is 4.97. The number of anilines is 1. The molecule has 0 spiro atoms. The number of alkyl halides is 2. The molecule has 0 radical (unpaired) electrons. The molecule has 1 N–H and O–H groups in total. The van der Waals surface area contributed by atoms with Crippen LogP contribution in [0, 0.1) is 0 Å². The van der Waals surface area contributed by atoms with Crippen LogP contribution in [0.15, 0.2) is 53.1 Å². The van der Waals surface area contributed by atoms with Gasteiger partial charge in [-0.25, -0.2) is 0 Å². The number of amides is 1. The molecule has 0 fully saturated rings. The number of fused-ring (bicyclic) bond motifs is 1. The van der Waals surface area contributed by atoms with Gasteiger partial charge in [-0.2, -0.15) is 8.78 Å². The molecule has 1 amide bonds. The van der Waals surface area contributed by atoms with Crippen LogP contribution >= 0.6 is 0 Å². The molecule has 130 valence electrons. The van der Waals surface area contributed by atoms with Crippen molar-refractivity contribution in [2.24, 2.45) is 0 Å². The standard InChI is InChI=1S/C19H17F2NO3/c1-2-12-3-8-16-13(11-24-17(16)9-12)10-18(23)22-14-4-6-15(7-5-14)25-19(20)21/h3-9,11,19H,2,10H2,1H3,(H,22,23). The summed E-state index contributed by atoms with van der Waals surface area (Å²) in [6.45, 7) is -0.807. The smallest absolute Gasteiger partial charge is 0.387 e. The highest BCUT2D eigenvalue weighted by molar-refractivity contribution is 5.95. The molecule has 2 aromatic carbocycles. The van der Waals surface area contributed by atoms with Gasteiger partial charge in [0, 0.05) is 16.6 Å². The number of furan rings is 1. The number of carbonyl (C=O) groups excluding carboxylic acids is 1. The molecular weight excluding hydrogens is 328 g/mol. The minimum Gasteiger partial charge on any atom is -0.464 e. The number of rotatable bonds is 6. The van der Waals surface area contributed by atoms with E-state index in [1.165, 1.54) is 29.8 Å². The predicted molar refractivity (Wildman–Crippen MR) is 91.0 cm³/mol. The van der Waals surface area contributed by atoms with E-state index in [2.05, 4.69) is 17.0 Å². The molecule has 3 rings (SSSR count). The van der Waals surface area contributed by atoms with E-state index in [1.54, 1.807) is 6.26 Å². The third-order valence-electron chi connectivity index (χ3n) is 3.84. The van der Waals surface area contributed by atoms with Crippen molar-refractivity contribution in [3.63, 3.8) is 0 Å². The molecule has 0 atom stereocenters. The lowest BCUT2D eigenvalue weighted by molar-refractivity contribution is -0.115. The van der Waals surface area contributed by atoms with Crippen LogP contribution in [-0.4, -0.2) is 12.5 Å². The van der Waals surface area contributed by atoms with Crippen molar-refractivity contribution in [1.82, 2.24) is 0 Å². The SMILES string of the molecule is CCc1ccc2c(CC(=O)Nc3ccc(OC(F)F)cc3)coc2c1. The summed E-state index contributed by atoms with van der Waals surface area (Å²) in [5.74, 6) is -0.176. The summed E-state index contributed by atoms with van der Waals surface area (Å²) >= 11 is 0. The Balaban J connectivity index is 1.66. The maximum Gasteiger partial charge on any atom is 0.387 e. The molecule has 3 aromatic rings. The van der Waals surface area contributed by atoms with E-state index in [0.717, 1.165) is 23.0 Å². The van der Waals surface area contributed by atoms with Crippen LogP contribution in [0.2, 0.25) is 0 Å². The van der Waals surface area contributed by atoms with Crippen LogP contribution in [0.25, 0.3) is 11.0 Å². The Morgan fingerprint density at radius 1 is 1.20 bits per heavy atom. The Labute approximate surface area is 143 Å². The quantitative estimate of drug-likeness (QED) is 0.700. The van der Waals surface area contributed by atoms with E-state index in [-0.39, 0.29) is 18.1 Å². The van der Waals surface area contributed by atoms with Crippen molar-refractivity contribution >= 4 is 22.6 Å². The number of hydrogen-bond acceptors (Lipinski definition) is 3. The fourth-order valence-corrected chi connectivity index (χ4v) is 2.58. The van der Waals surface area contributed by atoms with Gasteiger partial charge in [-0.05, 0) is 42.3 Å². The average Bonchev–Trinajstić information content (AvgIpc) is 2.98. The molecular formula is C19H17F2NO3. The number of hydrogen-bond donors (Lipinski definition) is 1. The van der Waals surface area contributed by atoms with Gasteiger partial charge in [-0.1, -0.05) is 19.1 Å². The van der Waals surface area contributed by atoms with Crippen molar-refractivity contribution in [2.45, 2.75) is 26.4 Å². The third-order valence-corrected chi connectivity index (χ3v) is 3.84. The number of ether oxygens (including phenoxy) is 1. The van der Waals surface area contributed by atoms with E-state index in [1.807, 2.05) is 18.2 Å². The van der Waals surface area contributed by atoms with Gasteiger partial charge in [0.25, 0.3) is 0 Å². The number of nitrogens with one attached hydrogen (secondary N) is 1. The second kappa shape index (κ2) is 7.34. The summed E-state index contributed by atoms with van der Waals surface area (Å²) in [6, 6.07) is 11.7. The Morgan fingerprint density at radius 3 is 2.64 bits per heavy atom. The van der Waals surface area contributed by atoms with Gasteiger partial charge in [0.2, 0.25) is 5.91 Å². The van der Waals surface area contributed by atoms with Crippen molar-refractivity contribution < 1.29 is 22.7 Å².